The number of nitrogens with one attached hydrogen (secondary N) is 2. The number of nitrogens with zero attached hydrogens (tertiary/aromatic N) is 1. The molecule has 0 radical (unpaired) electrons. The fraction of sp³-hybridized carbons (Fsp3) is 0.333. The molecule has 1 aromatic carbocycles. The molecule has 6 nitrogen and oxygen atoms in total. The highest BCUT2D eigenvalue weighted by molar-refractivity contribution is 6.29. The number of hydrogen-bond acceptors (Lipinski definition) is 4. The van der Waals surface area contributed by atoms with Crippen LogP contribution < -0.4 is 5.32 Å². The molecule has 102 valence electrons. The Bertz CT molecular complexity index is 570. The summed E-state index contributed by atoms with van der Waals surface area (Å²) in [5.41, 5.74) is 2.18. The molecule has 2 N–H and O–H groups in total. The molecule has 19 heavy (non-hydrogen) atoms. The first-order valence-electron chi connectivity index (χ1n) is 5.71. The minimum Gasteiger partial charge on any atom is -0.382 e. The smallest absolute Gasteiger partial charge is 0.250 e. The summed E-state index contributed by atoms with van der Waals surface area (Å²) < 4.78 is 9.93. The number of methoxy groups -OCH3 is 1. The summed E-state index contributed by atoms with van der Waals surface area (Å²) in [6.45, 7) is 0.843. The van der Waals surface area contributed by atoms with Gasteiger partial charge in [0.2, 0.25) is 11.2 Å². The Labute approximate surface area is 115 Å². The van der Waals surface area contributed by atoms with E-state index in [4.69, 9.17) is 21.1 Å². The molecule has 0 aliphatic carbocycles. The number of carbonyl (C=O) groups excluding carboxylic acids is 1. The molecule has 1 heterocycles. The monoisotopic (exact) mass is 283 g/mol. The molecule has 0 unspecified atom stereocenters. The Balaban J connectivity index is 1.91. The SMILES string of the molecule is COCCOCC(=O)Nc1ccc2nc(Cl)[nH]c2c1. The normalized spacial score (nSPS) is 10.8. The lowest BCUT2D eigenvalue weighted by Crippen LogP contribution is -2.19. The third-order valence-electron chi connectivity index (χ3n) is 2.40. The van der Waals surface area contributed by atoms with Gasteiger partial charge in [0.05, 0.1) is 24.2 Å². The minimum absolute atomic E-state index is 0.00880. The van der Waals surface area contributed by atoms with Gasteiger partial charge in [0.25, 0.3) is 0 Å². The topological polar surface area (TPSA) is 76.2 Å². The van der Waals surface area contributed by atoms with Crippen molar-refractivity contribution in [1.29, 1.82) is 0 Å². The molecule has 0 saturated carbocycles. The first-order chi connectivity index (χ1) is 9.19. The molecular weight excluding hydrogens is 270 g/mol. The second-order valence-electron chi connectivity index (χ2n) is 3.85. The van der Waals surface area contributed by atoms with Crippen molar-refractivity contribution in [2.75, 3.05) is 32.2 Å². The number of H-pyrrole nitrogens is 1. The molecule has 1 amide bonds. The van der Waals surface area contributed by atoms with Crippen molar-refractivity contribution in [2.45, 2.75) is 0 Å². The number of rotatable bonds is 6. The highest BCUT2D eigenvalue weighted by Gasteiger charge is 2.05. The molecule has 1 aromatic heterocycles. The third-order valence-corrected chi connectivity index (χ3v) is 2.58. The van der Waals surface area contributed by atoms with Crippen molar-refractivity contribution in [2.24, 2.45) is 0 Å². The number of halogens is 1. The lowest BCUT2D eigenvalue weighted by molar-refractivity contribution is -0.121. The Morgan fingerprint density at radius 1 is 1.47 bits per heavy atom. The number of imidazole rings is 1. The van der Waals surface area contributed by atoms with Gasteiger partial charge in [-0.15, -0.1) is 0 Å². The van der Waals surface area contributed by atoms with E-state index >= 15 is 0 Å². The van der Waals surface area contributed by atoms with Crippen LogP contribution >= 0.6 is 11.6 Å². The quantitative estimate of drug-likeness (QED) is 0.793. The van der Waals surface area contributed by atoms with Crippen LogP contribution in [0.2, 0.25) is 5.28 Å². The van der Waals surface area contributed by atoms with Gasteiger partial charge in [-0.25, -0.2) is 4.98 Å². The fourth-order valence-electron chi connectivity index (χ4n) is 1.56. The highest BCUT2D eigenvalue weighted by atomic mass is 35.5. The summed E-state index contributed by atoms with van der Waals surface area (Å²) in [6, 6.07) is 5.30. The lowest BCUT2D eigenvalue weighted by Gasteiger charge is -2.06. The molecular formula is C12H14ClN3O3. The van der Waals surface area contributed by atoms with Crippen molar-refractivity contribution < 1.29 is 14.3 Å². The van der Waals surface area contributed by atoms with E-state index in [0.29, 0.717) is 24.2 Å². The van der Waals surface area contributed by atoms with Crippen LogP contribution in [0.1, 0.15) is 0 Å². The number of amides is 1. The van der Waals surface area contributed by atoms with E-state index in [9.17, 15) is 4.79 Å². The second-order valence-corrected chi connectivity index (χ2v) is 4.21. The lowest BCUT2D eigenvalue weighted by atomic mass is 10.3. The second kappa shape index (κ2) is 6.51. The molecule has 0 atom stereocenters. The van der Waals surface area contributed by atoms with Crippen molar-refractivity contribution in [3.63, 3.8) is 0 Å². The predicted octanol–water partition coefficient (Wildman–Crippen LogP) is 1.82. The number of hydrogen-bond donors (Lipinski definition) is 2. The molecule has 0 saturated heterocycles. The Morgan fingerprint density at radius 2 is 2.32 bits per heavy atom. The number of benzene rings is 1. The van der Waals surface area contributed by atoms with E-state index in [1.54, 1.807) is 25.3 Å². The van der Waals surface area contributed by atoms with Crippen molar-refractivity contribution in [3.05, 3.63) is 23.5 Å². The summed E-state index contributed by atoms with van der Waals surface area (Å²) in [4.78, 5) is 18.5. The largest absolute Gasteiger partial charge is 0.382 e. The van der Waals surface area contributed by atoms with Gasteiger partial charge < -0.3 is 19.8 Å². The standard InChI is InChI=1S/C12H14ClN3O3/c1-18-4-5-19-7-11(17)14-8-2-3-9-10(6-8)16-12(13)15-9/h2-3,6H,4-5,7H2,1H3,(H,14,17)(H,15,16). The fourth-order valence-corrected chi connectivity index (χ4v) is 1.75. The van der Waals surface area contributed by atoms with Crippen LogP contribution in [-0.2, 0) is 14.3 Å². The van der Waals surface area contributed by atoms with Gasteiger partial charge in [-0.1, -0.05) is 0 Å². The maximum atomic E-state index is 11.6. The van der Waals surface area contributed by atoms with Gasteiger partial charge in [0, 0.05) is 12.8 Å². The number of ether oxygens (including phenoxy) is 2. The van der Waals surface area contributed by atoms with E-state index in [2.05, 4.69) is 15.3 Å². The maximum Gasteiger partial charge on any atom is 0.250 e. The van der Waals surface area contributed by atoms with E-state index < -0.39 is 0 Å². The minimum atomic E-state index is -0.221. The zero-order valence-corrected chi connectivity index (χ0v) is 11.2. The summed E-state index contributed by atoms with van der Waals surface area (Å²) in [5.74, 6) is -0.221. The summed E-state index contributed by atoms with van der Waals surface area (Å²) in [5, 5.41) is 3.05. The molecule has 0 aliphatic rings. The summed E-state index contributed by atoms with van der Waals surface area (Å²) in [6.07, 6.45) is 0. The van der Waals surface area contributed by atoms with Crippen molar-refractivity contribution in [3.8, 4) is 0 Å². The first kappa shape index (κ1) is 13.8. The molecule has 7 heteroatoms. The summed E-state index contributed by atoms with van der Waals surface area (Å²) in [7, 11) is 1.58. The maximum absolute atomic E-state index is 11.6. The first-order valence-corrected chi connectivity index (χ1v) is 6.08. The van der Waals surface area contributed by atoms with Crippen LogP contribution in [0, 0.1) is 0 Å². The Morgan fingerprint density at radius 3 is 3.11 bits per heavy atom. The molecule has 0 spiro atoms. The van der Waals surface area contributed by atoms with Gasteiger partial charge in [-0.3, -0.25) is 4.79 Å². The van der Waals surface area contributed by atoms with Crippen LogP contribution in [0.4, 0.5) is 5.69 Å². The van der Waals surface area contributed by atoms with Crippen molar-refractivity contribution >= 4 is 34.2 Å². The van der Waals surface area contributed by atoms with Gasteiger partial charge in [0.15, 0.2) is 0 Å². The number of anilines is 1. The van der Waals surface area contributed by atoms with Gasteiger partial charge in [0.1, 0.15) is 6.61 Å². The third kappa shape index (κ3) is 3.92. The highest BCUT2D eigenvalue weighted by Crippen LogP contribution is 2.18. The van der Waals surface area contributed by atoms with Gasteiger partial charge in [-0.2, -0.15) is 0 Å². The molecule has 0 bridgehead atoms. The van der Waals surface area contributed by atoms with E-state index in [0.717, 1.165) is 11.0 Å². The Hall–Kier alpha value is -1.63. The van der Waals surface area contributed by atoms with Crippen molar-refractivity contribution in [1.82, 2.24) is 9.97 Å². The zero-order valence-electron chi connectivity index (χ0n) is 10.4. The van der Waals surface area contributed by atoms with E-state index in [1.807, 2.05) is 0 Å². The number of aromatic nitrogens is 2. The van der Waals surface area contributed by atoms with Gasteiger partial charge in [-0.05, 0) is 29.8 Å². The Kier molecular flexibility index (Phi) is 4.73. The van der Waals surface area contributed by atoms with Crippen LogP contribution in [0.15, 0.2) is 18.2 Å². The van der Waals surface area contributed by atoms with E-state index in [1.165, 1.54) is 0 Å². The average molecular weight is 284 g/mol. The summed E-state index contributed by atoms with van der Waals surface area (Å²) >= 11 is 5.75. The molecule has 0 aliphatic heterocycles. The number of fused-ring (bicyclic) bond motifs is 1. The van der Waals surface area contributed by atoms with Crippen LogP contribution in [-0.4, -0.2) is 42.8 Å². The van der Waals surface area contributed by atoms with Crippen LogP contribution in [0.5, 0.6) is 0 Å². The molecule has 2 rings (SSSR count). The number of carbonyl (C=O) groups is 1. The van der Waals surface area contributed by atoms with E-state index in [-0.39, 0.29) is 12.5 Å². The average Bonchev–Trinajstić information content (AvgIpc) is 2.74. The number of aromatic amines is 1. The molecule has 0 fully saturated rings. The van der Waals surface area contributed by atoms with Crippen LogP contribution in [0.3, 0.4) is 0 Å². The molecule has 2 aromatic rings. The predicted molar refractivity (Wildman–Crippen MR) is 72.4 cm³/mol. The zero-order chi connectivity index (χ0) is 13.7. The van der Waals surface area contributed by atoms with Gasteiger partial charge >= 0.3 is 0 Å². The van der Waals surface area contributed by atoms with Crippen LogP contribution in [0.25, 0.3) is 11.0 Å².